The Labute approximate surface area is 202 Å². The van der Waals surface area contributed by atoms with Crippen molar-refractivity contribution in [3.8, 4) is 0 Å². The van der Waals surface area contributed by atoms with Gasteiger partial charge in [-0.25, -0.2) is 4.98 Å². The van der Waals surface area contributed by atoms with Crippen molar-refractivity contribution in [2.24, 2.45) is 0 Å². The number of hydrogen-bond acceptors (Lipinski definition) is 5. The monoisotopic (exact) mass is 478 g/mol. The molecule has 34 heavy (non-hydrogen) atoms. The van der Waals surface area contributed by atoms with Crippen molar-refractivity contribution >= 4 is 33.4 Å². The van der Waals surface area contributed by atoms with Crippen molar-refractivity contribution in [3.63, 3.8) is 0 Å². The Balaban J connectivity index is 1.14. The van der Waals surface area contributed by atoms with E-state index in [1.807, 2.05) is 29.2 Å². The summed E-state index contributed by atoms with van der Waals surface area (Å²) in [4.78, 5) is 49.2. The van der Waals surface area contributed by atoms with Crippen LogP contribution in [0.25, 0.3) is 10.2 Å². The lowest BCUT2D eigenvalue weighted by Crippen LogP contribution is -2.35. The Morgan fingerprint density at radius 1 is 1.03 bits per heavy atom. The number of likely N-dealkylation sites (tertiary alicyclic amines) is 1. The number of thiophene rings is 1. The first kappa shape index (κ1) is 22.8. The van der Waals surface area contributed by atoms with Gasteiger partial charge in [0, 0.05) is 42.9 Å². The van der Waals surface area contributed by atoms with Crippen LogP contribution in [0.15, 0.2) is 29.1 Å². The summed E-state index contributed by atoms with van der Waals surface area (Å²) in [6.07, 6.45) is 8.26. The molecule has 0 radical (unpaired) electrons. The maximum absolute atomic E-state index is 12.6. The smallest absolute Gasteiger partial charge is 0.259 e. The van der Waals surface area contributed by atoms with Crippen LogP contribution >= 0.6 is 11.3 Å². The van der Waals surface area contributed by atoms with E-state index in [2.05, 4.69) is 15.3 Å². The average molecular weight is 479 g/mol. The fourth-order valence-corrected chi connectivity index (χ4v) is 6.17. The molecule has 1 aliphatic carbocycles. The summed E-state index contributed by atoms with van der Waals surface area (Å²) >= 11 is 1.62. The van der Waals surface area contributed by atoms with Gasteiger partial charge >= 0.3 is 0 Å². The minimum absolute atomic E-state index is 0.0836. The molecule has 8 heteroatoms. The summed E-state index contributed by atoms with van der Waals surface area (Å²) in [6, 6.07) is 7.46. The molecule has 1 fully saturated rings. The summed E-state index contributed by atoms with van der Waals surface area (Å²) < 4.78 is 0. The van der Waals surface area contributed by atoms with Crippen molar-refractivity contribution in [1.82, 2.24) is 20.2 Å². The Kier molecular flexibility index (Phi) is 6.76. The van der Waals surface area contributed by atoms with Crippen LogP contribution < -0.4 is 10.9 Å². The number of fused-ring (bicyclic) bond motifs is 3. The Hall–Kier alpha value is -3.00. The highest BCUT2D eigenvalue weighted by atomic mass is 32.1. The zero-order valence-electron chi connectivity index (χ0n) is 19.3. The van der Waals surface area contributed by atoms with Gasteiger partial charge in [0.05, 0.1) is 5.39 Å². The molecule has 0 atom stereocenters. The number of H-pyrrole nitrogens is 1. The first-order valence-corrected chi connectivity index (χ1v) is 13.1. The minimum Gasteiger partial charge on any atom is -0.352 e. The second kappa shape index (κ2) is 10.1. The number of hydrogen-bond donors (Lipinski definition) is 2. The fraction of sp³-hybridized carbons (Fsp3) is 0.462. The van der Waals surface area contributed by atoms with E-state index in [1.165, 1.54) is 23.3 Å². The van der Waals surface area contributed by atoms with Gasteiger partial charge in [0.2, 0.25) is 5.91 Å². The first-order chi connectivity index (χ1) is 16.6. The number of aromatic nitrogens is 2. The molecular weight excluding hydrogens is 448 g/mol. The van der Waals surface area contributed by atoms with E-state index >= 15 is 0 Å². The summed E-state index contributed by atoms with van der Waals surface area (Å²) in [5.41, 5.74) is 2.73. The summed E-state index contributed by atoms with van der Waals surface area (Å²) in [7, 11) is 0. The van der Waals surface area contributed by atoms with Crippen LogP contribution in [-0.4, -0.2) is 39.8 Å². The molecule has 1 saturated heterocycles. The van der Waals surface area contributed by atoms with Gasteiger partial charge in [-0.15, -0.1) is 11.3 Å². The maximum atomic E-state index is 12.6. The zero-order valence-corrected chi connectivity index (χ0v) is 20.1. The van der Waals surface area contributed by atoms with Crippen LogP contribution in [0.1, 0.15) is 70.7 Å². The van der Waals surface area contributed by atoms with E-state index < -0.39 is 0 Å². The molecule has 3 aromatic rings. The van der Waals surface area contributed by atoms with Crippen molar-refractivity contribution in [1.29, 1.82) is 0 Å². The van der Waals surface area contributed by atoms with Gasteiger partial charge < -0.3 is 15.2 Å². The molecule has 2 N–H and O–H groups in total. The SMILES string of the molecule is O=C(CCc1nc2sc3c(c2c(=O)[nH]1)CCCC3)NCc1ccc(C(=O)N2CCCCC2)cc1. The summed E-state index contributed by atoms with van der Waals surface area (Å²) in [5, 5.41) is 3.67. The lowest BCUT2D eigenvalue weighted by molar-refractivity contribution is -0.121. The number of carbonyl (C=O) groups is 2. The largest absolute Gasteiger partial charge is 0.352 e. The molecule has 2 aliphatic rings. The number of rotatable bonds is 6. The number of aromatic amines is 1. The molecule has 1 aromatic carbocycles. The van der Waals surface area contributed by atoms with Crippen molar-refractivity contribution < 1.29 is 9.59 Å². The number of carbonyl (C=O) groups excluding carboxylic acids is 2. The number of aryl methyl sites for hydroxylation is 3. The van der Waals surface area contributed by atoms with Gasteiger partial charge in [-0.2, -0.15) is 0 Å². The number of benzene rings is 1. The molecule has 1 aliphatic heterocycles. The average Bonchev–Trinajstić information content (AvgIpc) is 3.25. The van der Waals surface area contributed by atoms with Crippen LogP contribution in [0, 0.1) is 0 Å². The van der Waals surface area contributed by atoms with Crippen LogP contribution in [0.2, 0.25) is 0 Å². The van der Waals surface area contributed by atoms with E-state index in [-0.39, 0.29) is 23.8 Å². The molecule has 3 heterocycles. The van der Waals surface area contributed by atoms with Crippen molar-refractivity contribution in [3.05, 3.63) is 62.0 Å². The zero-order chi connectivity index (χ0) is 23.5. The fourth-order valence-electron chi connectivity index (χ4n) is 4.89. The second-order valence-corrected chi connectivity index (χ2v) is 10.3. The predicted octanol–water partition coefficient (Wildman–Crippen LogP) is 3.74. The lowest BCUT2D eigenvalue weighted by atomic mass is 9.97. The highest BCUT2D eigenvalue weighted by Crippen LogP contribution is 2.33. The van der Waals surface area contributed by atoms with Gasteiger partial charge in [-0.3, -0.25) is 14.4 Å². The van der Waals surface area contributed by atoms with Gasteiger partial charge in [0.25, 0.3) is 11.5 Å². The van der Waals surface area contributed by atoms with E-state index in [4.69, 9.17) is 0 Å². The Bertz CT molecular complexity index is 1260. The molecule has 5 rings (SSSR count). The number of nitrogens with one attached hydrogen (secondary N) is 2. The normalized spacial score (nSPS) is 15.8. The van der Waals surface area contributed by atoms with E-state index in [9.17, 15) is 14.4 Å². The Morgan fingerprint density at radius 2 is 1.79 bits per heavy atom. The maximum Gasteiger partial charge on any atom is 0.259 e. The van der Waals surface area contributed by atoms with Crippen LogP contribution in [-0.2, 0) is 30.6 Å². The molecule has 0 bridgehead atoms. The van der Waals surface area contributed by atoms with Crippen molar-refractivity contribution in [2.45, 2.75) is 64.3 Å². The first-order valence-electron chi connectivity index (χ1n) is 12.3. The van der Waals surface area contributed by atoms with Crippen LogP contribution in [0.5, 0.6) is 0 Å². The van der Waals surface area contributed by atoms with Crippen LogP contribution in [0.4, 0.5) is 0 Å². The molecule has 2 amide bonds. The van der Waals surface area contributed by atoms with Gasteiger partial charge in [-0.1, -0.05) is 12.1 Å². The summed E-state index contributed by atoms with van der Waals surface area (Å²) in [6.45, 7) is 2.06. The molecule has 178 valence electrons. The molecular formula is C26H30N4O3S. The van der Waals surface area contributed by atoms with Crippen LogP contribution in [0.3, 0.4) is 0 Å². The lowest BCUT2D eigenvalue weighted by Gasteiger charge is -2.26. The molecule has 2 aromatic heterocycles. The second-order valence-electron chi connectivity index (χ2n) is 9.23. The molecule has 0 unspecified atom stereocenters. The van der Waals surface area contributed by atoms with Gasteiger partial charge in [0.15, 0.2) is 0 Å². The molecule has 0 spiro atoms. The minimum atomic E-state index is -0.0957. The van der Waals surface area contributed by atoms with E-state index in [0.29, 0.717) is 24.4 Å². The van der Waals surface area contributed by atoms with Gasteiger partial charge in [0.1, 0.15) is 10.7 Å². The van der Waals surface area contributed by atoms with E-state index in [1.54, 1.807) is 11.3 Å². The van der Waals surface area contributed by atoms with Crippen molar-refractivity contribution in [2.75, 3.05) is 13.1 Å². The number of nitrogens with zero attached hydrogens (tertiary/aromatic N) is 2. The highest BCUT2D eigenvalue weighted by Gasteiger charge is 2.20. The predicted molar refractivity (Wildman–Crippen MR) is 133 cm³/mol. The molecule has 7 nitrogen and oxygen atoms in total. The Morgan fingerprint density at radius 3 is 2.59 bits per heavy atom. The van der Waals surface area contributed by atoms with Gasteiger partial charge in [-0.05, 0) is 68.2 Å². The standard InChI is InChI=1S/C26H30N4O3S/c31-22(27-16-17-8-10-18(11-9-17)26(33)30-14-4-1-5-15-30)13-12-21-28-24(32)23-19-6-2-3-7-20(19)34-25(23)29-21/h8-11H,1-7,12-16H2,(H,27,31)(H,28,29,32). The third-order valence-electron chi connectivity index (χ3n) is 6.80. The van der Waals surface area contributed by atoms with E-state index in [0.717, 1.165) is 61.0 Å². The third kappa shape index (κ3) is 4.92. The number of amides is 2. The number of piperidine rings is 1. The third-order valence-corrected chi connectivity index (χ3v) is 7.98. The summed E-state index contributed by atoms with van der Waals surface area (Å²) in [5.74, 6) is 0.550. The quantitative estimate of drug-likeness (QED) is 0.564. The molecule has 0 saturated carbocycles. The highest BCUT2D eigenvalue weighted by molar-refractivity contribution is 7.18. The topological polar surface area (TPSA) is 95.2 Å².